The number of methoxy groups -OCH3 is 1. The van der Waals surface area contributed by atoms with Crippen molar-refractivity contribution >= 4 is 17.5 Å². The van der Waals surface area contributed by atoms with Gasteiger partial charge in [-0.2, -0.15) is 0 Å². The Morgan fingerprint density at radius 2 is 2.18 bits per heavy atom. The molecular weight excluding hydrogens is 240 g/mol. The number of halogens is 1. The number of nitrogen functional groups attached to an aromatic ring is 1. The van der Waals surface area contributed by atoms with Crippen molar-refractivity contribution in [1.29, 1.82) is 0 Å². The van der Waals surface area contributed by atoms with Crippen molar-refractivity contribution in [3.05, 3.63) is 28.9 Å². The standard InChI is InChI=1S/C12H13ClN2O2/c1-3-8-9(10-6-15-17-12(10)14)4-7(13)5-11(8)16-2/h4-6H,3,14H2,1-2H3. The van der Waals surface area contributed by atoms with Gasteiger partial charge in [-0.25, -0.2) is 0 Å². The lowest BCUT2D eigenvalue weighted by Crippen LogP contribution is -1.95. The van der Waals surface area contributed by atoms with Crippen LogP contribution in [-0.2, 0) is 6.42 Å². The summed E-state index contributed by atoms with van der Waals surface area (Å²) < 4.78 is 10.2. The first-order valence-electron chi connectivity index (χ1n) is 5.24. The number of ether oxygens (including phenoxy) is 1. The summed E-state index contributed by atoms with van der Waals surface area (Å²) in [6, 6.07) is 3.62. The quantitative estimate of drug-likeness (QED) is 0.912. The van der Waals surface area contributed by atoms with E-state index in [0.29, 0.717) is 5.02 Å². The van der Waals surface area contributed by atoms with Crippen molar-refractivity contribution in [2.75, 3.05) is 12.8 Å². The molecule has 0 fully saturated rings. The van der Waals surface area contributed by atoms with Crippen LogP contribution in [0.25, 0.3) is 11.1 Å². The first-order valence-corrected chi connectivity index (χ1v) is 5.62. The lowest BCUT2D eigenvalue weighted by Gasteiger charge is -2.12. The van der Waals surface area contributed by atoms with Gasteiger partial charge in [0.1, 0.15) is 5.75 Å². The molecule has 0 aliphatic heterocycles. The molecule has 0 saturated carbocycles. The predicted octanol–water partition coefficient (Wildman–Crippen LogP) is 3.15. The first kappa shape index (κ1) is 11.8. The second kappa shape index (κ2) is 4.67. The van der Waals surface area contributed by atoms with Crippen LogP contribution in [0.5, 0.6) is 5.75 Å². The Morgan fingerprint density at radius 3 is 2.71 bits per heavy atom. The molecule has 2 N–H and O–H groups in total. The number of benzene rings is 1. The molecule has 0 amide bonds. The smallest absolute Gasteiger partial charge is 0.229 e. The van der Waals surface area contributed by atoms with Gasteiger partial charge in [0.25, 0.3) is 0 Å². The zero-order valence-electron chi connectivity index (χ0n) is 9.66. The summed E-state index contributed by atoms with van der Waals surface area (Å²) in [6.07, 6.45) is 2.39. The van der Waals surface area contributed by atoms with Gasteiger partial charge >= 0.3 is 0 Å². The molecule has 4 nitrogen and oxygen atoms in total. The van der Waals surface area contributed by atoms with Crippen molar-refractivity contribution in [1.82, 2.24) is 5.16 Å². The molecular formula is C12H13ClN2O2. The second-order valence-electron chi connectivity index (χ2n) is 3.59. The van der Waals surface area contributed by atoms with Crippen LogP contribution in [0.4, 0.5) is 5.88 Å². The van der Waals surface area contributed by atoms with E-state index in [1.54, 1.807) is 19.4 Å². The minimum Gasteiger partial charge on any atom is -0.496 e. The zero-order chi connectivity index (χ0) is 12.4. The average molecular weight is 253 g/mol. The molecule has 90 valence electrons. The van der Waals surface area contributed by atoms with Crippen LogP contribution in [0.3, 0.4) is 0 Å². The number of rotatable bonds is 3. The highest BCUT2D eigenvalue weighted by Crippen LogP contribution is 2.36. The Balaban J connectivity index is 2.68. The highest BCUT2D eigenvalue weighted by atomic mass is 35.5. The summed E-state index contributed by atoms with van der Waals surface area (Å²) in [5.74, 6) is 1.03. The maximum atomic E-state index is 6.06. The van der Waals surface area contributed by atoms with E-state index < -0.39 is 0 Å². The van der Waals surface area contributed by atoms with Crippen LogP contribution in [-0.4, -0.2) is 12.3 Å². The fourth-order valence-electron chi connectivity index (χ4n) is 1.85. The largest absolute Gasteiger partial charge is 0.496 e. The number of hydrogen-bond acceptors (Lipinski definition) is 4. The predicted molar refractivity (Wildman–Crippen MR) is 67.3 cm³/mol. The molecule has 1 aromatic heterocycles. The van der Waals surface area contributed by atoms with E-state index in [4.69, 9.17) is 26.6 Å². The molecule has 0 radical (unpaired) electrons. The first-order chi connectivity index (χ1) is 8.17. The minimum absolute atomic E-state index is 0.281. The molecule has 0 unspecified atom stereocenters. The fraction of sp³-hybridized carbons (Fsp3) is 0.250. The second-order valence-corrected chi connectivity index (χ2v) is 4.03. The minimum atomic E-state index is 0.281. The van der Waals surface area contributed by atoms with Crippen LogP contribution in [0, 0.1) is 0 Å². The summed E-state index contributed by atoms with van der Waals surface area (Å²) in [5, 5.41) is 4.27. The summed E-state index contributed by atoms with van der Waals surface area (Å²) in [4.78, 5) is 0. The summed E-state index contributed by atoms with van der Waals surface area (Å²) in [7, 11) is 1.62. The average Bonchev–Trinajstić information content (AvgIpc) is 2.74. The van der Waals surface area contributed by atoms with Crippen molar-refractivity contribution in [3.63, 3.8) is 0 Å². The van der Waals surface area contributed by atoms with Crippen molar-refractivity contribution < 1.29 is 9.26 Å². The van der Waals surface area contributed by atoms with Crippen LogP contribution in [0.1, 0.15) is 12.5 Å². The van der Waals surface area contributed by atoms with Crippen LogP contribution in [0.2, 0.25) is 5.02 Å². The molecule has 17 heavy (non-hydrogen) atoms. The van der Waals surface area contributed by atoms with Gasteiger partial charge in [0, 0.05) is 10.6 Å². The number of nitrogens with two attached hydrogens (primary N) is 1. The van der Waals surface area contributed by atoms with Gasteiger partial charge in [-0.3, -0.25) is 0 Å². The third-order valence-electron chi connectivity index (χ3n) is 2.64. The third kappa shape index (κ3) is 2.08. The van der Waals surface area contributed by atoms with Crippen LogP contribution in [0.15, 0.2) is 22.9 Å². The Bertz CT molecular complexity index is 537. The lowest BCUT2D eigenvalue weighted by atomic mass is 9.99. The van der Waals surface area contributed by atoms with E-state index in [-0.39, 0.29) is 5.88 Å². The van der Waals surface area contributed by atoms with Gasteiger partial charge in [0.05, 0.1) is 18.9 Å². The molecule has 0 atom stereocenters. The van der Waals surface area contributed by atoms with Gasteiger partial charge in [-0.05, 0) is 24.1 Å². The maximum absolute atomic E-state index is 6.06. The molecule has 0 aliphatic carbocycles. The lowest BCUT2D eigenvalue weighted by molar-refractivity contribution is 0.410. The molecule has 0 spiro atoms. The van der Waals surface area contributed by atoms with E-state index >= 15 is 0 Å². The number of anilines is 1. The molecule has 2 aromatic rings. The van der Waals surface area contributed by atoms with Crippen molar-refractivity contribution in [2.24, 2.45) is 0 Å². The summed E-state index contributed by atoms with van der Waals surface area (Å²) in [5.41, 5.74) is 8.40. The zero-order valence-corrected chi connectivity index (χ0v) is 10.4. The highest BCUT2D eigenvalue weighted by molar-refractivity contribution is 6.31. The summed E-state index contributed by atoms with van der Waals surface area (Å²) in [6.45, 7) is 2.04. The van der Waals surface area contributed by atoms with Gasteiger partial charge in [-0.15, -0.1) is 0 Å². The Morgan fingerprint density at radius 1 is 1.41 bits per heavy atom. The molecule has 0 aliphatic rings. The Hall–Kier alpha value is -1.68. The van der Waals surface area contributed by atoms with E-state index in [1.165, 1.54) is 0 Å². The van der Waals surface area contributed by atoms with Crippen molar-refractivity contribution in [2.45, 2.75) is 13.3 Å². The van der Waals surface area contributed by atoms with E-state index in [2.05, 4.69) is 5.16 Å². The molecule has 1 aromatic carbocycles. The van der Waals surface area contributed by atoms with Gasteiger partial charge in [0.2, 0.25) is 5.88 Å². The normalized spacial score (nSPS) is 10.5. The van der Waals surface area contributed by atoms with Gasteiger partial charge < -0.3 is 15.0 Å². The van der Waals surface area contributed by atoms with Crippen LogP contribution < -0.4 is 10.5 Å². The SMILES string of the molecule is CCc1c(OC)cc(Cl)cc1-c1cnoc1N. The highest BCUT2D eigenvalue weighted by Gasteiger charge is 2.15. The fourth-order valence-corrected chi connectivity index (χ4v) is 2.06. The molecule has 1 heterocycles. The van der Waals surface area contributed by atoms with Crippen molar-refractivity contribution in [3.8, 4) is 16.9 Å². The Kier molecular flexibility index (Phi) is 3.24. The van der Waals surface area contributed by atoms with E-state index in [1.807, 2.05) is 13.0 Å². The molecule has 0 bridgehead atoms. The van der Waals surface area contributed by atoms with Gasteiger partial charge in [0.15, 0.2) is 0 Å². The molecule has 0 saturated heterocycles. The number of nitrogens with zero attached hydrogens (tertiary/aromatic N) is 1. The molecule has 5 heteroatoms. The third-order valence-corrected chi connectivity index (χ3v) is 2.85. The topological polar surface area (TPSA) is 61.3 Å². The number of aromatic nitrogens is 1. The molecule has 2 rings (SSSR count). The van der Waals surface area contributed by atoms with Crippen LogP contribution >= 0.6 is 11.6 Å². The van der Waals surface area contributed by atoms with Gasteiger partial charge in [-0.1, -0.05) is 23.7 Å². The monoisotopic (exact) mass is 252 g/mol. The number of hydrogen-bond donors (Lipinski definition) is 1. The summed E-state index contributed by atoms with van der Waals surface area (Å²) >= 11 is 6.06. The van der Waals surface area contributed by atoms with E-state index in [9.17, 15) is 0 Å². The Labute approximate surface area is 104 Å². The maximum Gasteiger partial charge on any atom is 0.229 e. The van der Waals surface area contributed by atoms with E-state index in [0.717, 1.165) is 28.9 Å².